The zero-order valence-electron chi connectivity index (χ0n) is 8.03. The van der Waals surface area contributed by atoms with Gasteiger partial charge in [0.2, 0.25) is 6.39 Å². The first kappa shape index (κ1) is 12.8. The molecule has 0 aliphatic heterocycles. The van der Waals surface area contributed by atoms with Crippen LogP contribution in [0.3, 0.4) is 0 Å². The van der Waals surface area contributed by atoms with Crippen LogP contribution in [-0.4, -0.2) is 10.1 Å². The highest BCUT2D eigenvalue weighted by atomic mass is 16.5. The molecule has 3 nitrogen and oxygen atoms in total. The maximum atomic E-state index is 4.22. The topological polar surface area (TPSA) is 38.9 Å². The van der Waals surface area contributed by atoms with Crippen molar-refractivity contribution in [1.29, 1.82) is 0 Å². The molecule has 3 heteroatoms. The van der Waals surface area contributed by atoms with Crippen LogP contribution in [0.1, 0.15) is 34.6 Å². The van der Waals surface area contributed by atoms with Crippen LogP contribution in [0.5, 0.6) is 0 Å². The van der Waals surface area contributed by atoms with Crippen LogP contribution >= 0.6 is 0 Å². The standard InChI is InChI=1S/C4H10.C2H2N2O.C2H6/c1-4(2)3;1-3-2-5-4-1;1-2/h4H,1-3H3;1-2H;1-2H3. The molecule has 0 aliphatic rings. The van der Waals surface area contributed by atoms with Crippen molar-refractivity contribution >= 4 is 0 Å². The van der Waals surface area contributed by atoms with Gasteiger partial charge < -0.3 is 4.52 Å². The predicted octanol–water partition coefficient (Wildman–Crippen LogP) is 2.76. The number of hydrogen-bond donors (Lipinski definition) is 0. The van der Waals surface area contributed by atoms with Crippen molar-refractivity contribution in [3.63, 3.8) is 0 Å². The molecular formula is C8H18N2O. The van der Waals surface area contributed by atoms with Gasteiger partial charge in [-0.25, -0.2) is 4.98 Å². The molecule has 0 saturated heterocycles. The SMILES string of the molecule is CC.CC(C)C.c1ncon1. The fourth-order valence-corrected chi connectivity index (χ4v) is 0.136. The Balaban J connectivity index is 0. The van der Waals surface area contributed by atoms with E-state index in [1.165, 1.54) is 12.7 Å². The zero-order valence-corrected chi connectivity index (χ0v) is 8.03. The largest absolute Gasteiger partial charge is 0.343 e. The maximum Gasteiger partial charge on any atom is 0.213 e. The molecule has 1 aromatic heterocycles. The van der Waals surface area contributed by atoms with Gasteiger partial charge in [-0.15, -0.1) is 0 Å². The van der Waals surface area contributed by atoms with Gasteiger partial charge in [-0.2, -0.15) is 0 Å². The average molecular weight is 158 g/mol. The first-order chi connectivity index (χ1) is 5.23. The molecule has 1 rings (SSSR count). The summed E-state index contributed by atoms with van der Waals surface area (Å²) in [4.78, 5) is 3.44. The highest BCUT2D eigenvalue weighted by Crippen LogP contribution is 1.81. The predicted molar refractivity (Wildman–Crippen MR) is 46.2 cm³/mol. The van der Waals surface area contributed by atoms with Gasteiger partial charge >= 0.3 is 0 Å². The molecule has 0 bridgehead atoms. The van der Waals surface area contributed by atoms with Gasteiger partial charge in [-0.1, -0.05) is 39.8 Å². The van der Waals surface area contributed by atoms with E-state index in [9.17, 15) is 0 Å². The minimum Gasteiger partial charge on any atom is -0.343 e. The number of rotatable bonds is 0. The lowest BCUT2D eigenvalue weighted by Crippen LogP contribution is -1.66. The van der Waals surface area contributed by atoms with Crippen molar-refractivity contribution in [1.82, 2.24) is 10.1 Å². The second-order valence-corrected chi connectivity index (χ2v) is 2.31. The summed E-state index contributed by atoms with van der Waals surface area (Å²) in [7, 11) is 0. The Hall–Kier alpha value is -0.860. The van der Waals surface area contributed by atoms with E-state index in [1.54, 1.807) is 0 Å². The van der Waals surface area contributed by atoms with Crippen LogP contribution in [0.15, 0.2) is 17.2 Å². The Morgan fingerprint density at radius 2 is 1.64 bits per heavy atom. The number of aromatic nitrogens is 2. The Bertz CT molecular complexity index is 95.7. The molecule has 0 atom stereocenters. The first-order valence-electron chi connectivity index (χ1n) is 3.92. The molecular weight excluding hydrogens is 140 g/mol. The van der Waals surface area contributed by atoms with Crippen LogP contribution in [0, 0.1) is 5.92 Å². The Morgan fingerprint density at radius 1 is 1.18 bits per heavy atom. The van der Waals surface area contributed by atoms with E-state index in [2.05, 4.69) is 35.4 Å². The monoisotopic (exact) mass is 158 g/mol. The van der Waals surface area contributed by atoms with Crippen molar-refractivity contribution in [2.75, 3.05) is 0 Å². The minimum absolute atomic E-state index is 0.833. The molecule has 0 fully saturated rings. The van der Waals surface area contributed by atoms with Crippen molar-refractivity contribution in [3.8, 4) is 0 Å². The van der Waals surface area contributed by atoms with Gasteiger partial charge in [0.25, 0.3) is 0 Å². The van der Waals surface area contributed by atoms with E-state index >= 15 is 0 Å². The average Bonchev–Trinajstić information content (AvgIpc) is 2.44. The van der Waals surface area contributed by atoms with Crippen LogP contribution in [0.2, 0.25) is 0 Å². The minimum atomic E-state index is 0.833. The summed E-state index contributed by atoms with van der Waals surface area (Å²) in [6, 6.07) is 0. The van der Waals surface area contributed by atoms with E-state index in [0.717, 1.165) is 5.92 Å². The summed E-state index contributed by atoms with van der Waals surface area (Å²) in [5.74, 6) is 0.833. The third-order valence-electron chi connectivity index (χ3n) is 0.283. The molecule has 0 spiro atoms. The third-order valence-corrected chi connectivity index (χ3v) is 0.283. The van der Waals surface area contributed by atoms with E-state index in [-0.39, 0.29) is 0 Å². The van der Waals surface area contributed by atoms with Crippen molar-refractivity contribution in [3.05, 3.63) is 12.7 Å². The zero-order chi connectivity index (χ0) is 9.11. The maximum absolute atomic E-state index is 4.22. The lowest BCUT2D eigenvalue weighted by molar-refractivity contribution is 0.416. The van der Waals surface area contributed by atoms with Crippen molar-refractivity contribution in [2.24, 2.45) is 5.92 Å². The second-order valence-electron chi connectivity index (χ2n) is 2.31. The third kappa shape index (κ3) is 27.2. The Morgan fingerprint density at radius 3 is 1.73 bits per heavy atom. The van der Waals surface area contributed by atoms with Gasteiger partial charge in [0.1, 0.15) is 0 Å². The summed E-state index contributed by atoms with van der Waals surface area (Å²) in [6.07, 6.45) is 2.60. The summed E-state index contributed by atoms with van der Waals surface area (Å²) in [5, 5.41) is 3.24. The van der Waals surface area contributed by atoms with Gasteiger partial charge in [0.15, 0.2) is 6.33 Å². The molecule has 0 N–H and O–H groups in total. The summed E-state index contributed by atoms with van der Waals surface area (Å²) in [5.41, 5.74) is 0. The molecule has 1 aromatic rings. The highest BCUT2D eigenvalue weighted by Gasteiger charge is 1.68. The highest BCUT2D eigenvalue weighted by molar-refractivity contribution is 4.35. The molecule has 0 radical (unpaired) electrons. The van der Waals surface area contributed by atoms with Crippen molar-refractivity contribution in [2.45, 2.75) is 34.6 Å². The molecule has 0 aromatic carbocycles. The van der Waals surface area contributed by atoms with E-state index in [4.69, 9.17) is 0 Å². The number of hydrogen-bond acceptors (Lipinski definition) is 3. The number of nitrogens with zero attached hydrogens (tertiary/aromatic N) is 2. The molecule has 11 heavy (non-hydrogen) atoms. The van der Waals surface area contributed by atoms with E-state index < -0.39 is 0 Å². The fraction of sp³-hybridized carbons (Fsp3) is 0.750. The lowest BCUT2D eigenvalue weighted by atomic mass is 10.3. The molecule has 0 aliphatic carbocycles. The van der Waals surface area contributed by atoms with Crippen LogP contribution in [0.4, 0.5) is 0 Å². The fourth-order valence-electron chi connectivity index (χ4n) is 0.136. The van der Waals surface area contributed by atoms with Crippen LogP contribution in [-0.2, 0) is 0 Å². The first-order valence-corrected chi connectivity index (χ1v) is 3.92. The van der Waals surface area contributed by atoms with E-state index in [0.29, 0.717) is 0 Å². The quantitative estimate of drug-likeness (QED) is 0.582. The van der Waals surface area contributed by atoms with E-state index in [1.807, 2.05) is 13.8 Å². The van der Waals surface area contributed by atoms with Gasteiger partial charge in [-0.05, 0) is 5.92 Å². The van der Waals surface area contributed by atoms with Crippen LogP contribution in [0.25, 0.3) is 0 Å². The second kappa shape index (κ2) is 11.9. The lowest BCUT2D eigenvalue weighted by Gasteiger charge is -1.79. The molecule has 0 unspecified atom stereocenters. The normalized spacial score (nSPS) is 7.45. The molecule has 0 saturated carbocycles. The molecule has 0 amide bonds. The van der Waals surface area contributed by atoms with Gasteiger partial charge in [0, 0.05) is 0 Å². The molecule has 1 heterocycles. The molecule has 66 valence electrons. The smallest absolute Gasteiger partial charge is 0.213 e. The summed E-state index contributed by atoms with van der Waals surface area (Å²) < 4.78 is 4.22. The van der Waals surface area contributed by atoms with Crippen LogP contribution < -0.4 is 0 Å². The summed E-state index contributed by atoms with van der Waals surface area (Å²) in [6.45, 7) is 10.5. The van der Waals surface area contributed by atoms with Gasteiger partial charge in [0.05, 0.1) is 0 Å². The Kier molecular flexibility index (Phi) is 13.8. The van der Waals surface area contributed by atoms with Crippen molar-refractivity contribution < 1.29 is 4.52 Å². The van der Waals surface area contributed by atoms with Gasteiger partial charge in [-0.3, -0.25) is 0 Å². The Labute approximate surface area is 68.8 Å². The summed E-state index contributed by atoms with van der Waals surface area (Å²) >= 11 is 0.